The Kier molecular flexibility index (Phi) is 8.80. The van der Waals surface area contributed by atoms with Crippen molar-refractivity contribution in [1.29, 1.82) is 0 Å². The van der Waals surface area contributed by atoms with Gasteiger partial charge in [-0.2, -0.15) is 0 Å². The first kappa shape index (κ1) is 35.3. The van der Waals surface area contributed by atoms with Crippen LogP contribution in [0.4, 0.5) is 0 Å². The average Bonchev–Trinajstić information content (AvgIpc) is 3.63. The van der Waals surface area contributed by atoms with Gasteiger partial charge in [0.05, 0.1) is 23.8 Å². The number of nitrogens with one attached hydrogen (secondary N) is 2. The van der Waals surface area contributed by atoms with Crippen LogP contribution in [0.5, 0.6) is 28.7 Å². The van der Waals surface area contributed by atoms with E-state index in [-0.39, 0.29) is 42.1 Å². The molecule has 1 fully saturated rings. The number of allylic oxidation sites excluding steroid dienone is 3. The van der Waals surface area contributed by atoms with E-state index in [1.165, 1.54) is 6.92 Å². The normalized spacial score (nSPS) is 26.6. The maximum absolute atomic E-state index is 12.4. The molecule has 1 spiro atoms. The summed E-state index contributed by atoms with van der Waals surface area (Å²) in [5.41, 5.74) is 14.8. The summed E-state index contributed by atoms with van der Waals surface area (Å²) in [6.45, 7) is 1.25. The molecule has 3 aromatic rings. The molecule has 7 N–H and O–H groups in total. The second kappa shape index (κ2) is 13.7. The number of hydrogen-bond donors (Lipinski definition) is 6. The molecule has 4 heterocycles. The van der Waals surface area contributed by atoms with Crippen LogP contribution < -0.4 is 30.6 Å². The lowest BCUT2D eigenvalue weighted by atomic mass is 9.65. The average molecular weight is 744 g/mol. The van der Waals surface area contributed by atoms with Crippen molar-refractivity contribution in [3.8, 4) is 51.7 Å². The Labute approximate surface area is 319 Å². The molecule has 0 aromatic heterocycles. The van der Waals surface area contributed by atoms with E-state index in [0.717, 1.165) is 81.6 Å². The molecule has 11 nitrogen and oxygen atoms in total. The molecule has 0 saturated heterocycles. The maximum Gasteiger partial charge on any atom is 0.302 e. The summed E-state index contributed by atoms with van der Waals surface area (Å²) in [5.74, 6) is 7.91. The lowest BCUT2D eigenvalue weighted by Crippen LogP contribution is -2.37. The zero-order valence-corrected chi connectivity index (χ0v) is 30.9. The highest BCUT2D eigenvalue weighted by atomic mass is 16.6. The Morgan fingerprint density at radius 2 is 2.02 bits per heavy atom. The van der Waals surface area contributed by atoms with Crippen LogP contribution in [0.2, 0.25) is 0 Å². The van der Waals surface area contributed by atoms with Crippen LogP contribution in [-0.2, 0) is 27.8 Å². The Morgan fingerprint density at radius 1 is 1.15 bits per heavy atom. The predicted molar refractivity (Wildman–Crippen MR) is 206 cm³/mol. The standard InChI is InChI=1S/C44H45N3O8/c1-23(49)52-21-33-30-9-10-31-38-27(15-29(50)17-36(38)54-22-48)19-44-13-12-24(18-44)14-25-6-11-37(45)47-34(25)5-3-4-26-16-35(51)41-32(8-7-28(46-2)20-53-41)39(26)42(33)55-43(30)40(31)44/h6-11,15-17,24,28,33,37,42,46-48,50-51H,4,12-14,18-22,45H2,1-2H3/t24-,28-,33+,37?,42+,44-/m1/s1. The predicted octanol–water partition coefficient (Wildman–Crippen LogP) is 5.11. The number of rotatable bonds is 5. The van der Waals surface area contributed by atoms with Gasteiger partial charge in [0, 0.05) is 52.6 Å². The first-order valence-corrected chi connectivity index (χ1v) is 19.0. The number of carbonyl (C=O) groups excluding carboxylic acids is 1. The number of ether oxygens (including phenoxy) is 4. The third-order valence-corrected chi connectivity index (χ3v) is 12.2. The van der Waals surface area contributed by atoms with E-state index in [1.807, 2.05) is 31.3 Å². The van der Waals surface area contributed by atoms with Gasteiger partial charge in [0.15, 0.2) is 18.3 Å². The number of benzene rings is 3. The van der Waals surface area contributed by atoms with E-state index in [4.69, 9.17) is 24.7 Å². The molecule has 4 aliphatic heterocycles. The molecule has 1 saturated carbocycles. The number of carbonyl (C=O) groups is 1. The van der Waals surface area contributed by atoms with Gasteiger partial charge < -0.3 is 50.6 Å². The largest absolute Gasteiger partial charge is 0.508 e. The molecular weight excluding hydrogens is 698 g/mol. The van der Waals surface area contributed by atoms with Crippen molar-refractivity contribution in [2.75, 3.05) is 27.1 Å². The smallest absolute Gasteiger partial charge is 0.302 e. The summed E-state index contributed by atoms with van der Waals surface area (Å²) in [4.78, 5) is 12.4. The lowest BCUT2D eigenvalue weighted by Gasteiger charge is -2.39. The molecule has 0 radical (unpaired) electrons. The minimum atomic E-state index is -0.640. The van der Waals surface area contributed by atoms with Gasteiger partial charge in [-0.05, 0) is 91.5 Å². The number of esters is 1. The molecular formula is C44H45N3O8. The van der Waals surface area contributed by atoms with Crippen LogP contribution in [0.1, 0.15) is 78.0 Å². The zero-order chi connectivity index (χ0) is 38.0. The lowest BCUT2D eigenvalue weighted by molar-refractivity contribution is -0.141. The molecule has 0 amide bonds. The minimum absolute atomic E-state index is 0.00693. The SMILES string of the molecule is CN[C@@H]1C=Cc2c(c(O)cc3c2[C@H]2Oc4c(ccc5c4[C@@]4(CC[C@H](CC6=C(C#CC3)NC(N)C=C6)C4)Cc3cc(O)cc(OCO)c3-5)[C@@H]2COC(C)=O)OC1. The highest BCUT2D eigenvalue weighted by Crippen LogP contribution is 2.63. The summed E-state index contributed by atoms with van der Waals surface area (Å²) in [6.07, 6.45) is 11.5. The second-order valence-electron chi connectivity index (χ2n) is 15.6. The Bertz CT molecular complexity index is 2270. The van der Waals surface area contributed by atoms with Crippen molar-refractivity contribution in [2.24, 2.45) is 11.7 Å². The van der Waals surface area contributed by atoms with Crippen molar-refractivity contribution >= 4 is 12.0 Å². The number of phenolic OH excluding ortho intramolecular Hbond substituents is 2. The van der Waals surface area contributed by atoms with Crippen LogP contribution in [0, 0.1) is 17.8 Å². The molecule has 3 aromatic carbocycles. The molecule has 284 valence electrons. The van der Waals surface area contributed by atoms with Crippen LogP contribution in [0.15, 0.2) is 59.8 Å². The zero-order valence-electron chi connectivity index (χ0n) is 30.9. The number of dihydropyridines is 1. The number of phenols is 2. The van der Waals surface area contributed by atoms with E-state index in [2.05, 4.69) is 40.7 Å². The number of nitrogens with two attached hydrogens (primary N) is 1. The molecule has 55 heavy (non-hydrogen) atoms. The van der Waals surface area contributed by atoms with Crippen LogP contribution in [0.3, 0.4) is 0 Å². The van der Waals surface area contributed by atoms with Crippen LogP contribution >= 0.6 is 0 Å². The fourth-order valence-corrected chi connectivity index (χ4v) is 9.90. The van der Waals surface area contributed by atoms with E-state index in [0.29, 0.717) is 36.0 Å². The molecule has 1 unspecified atom stereocenters. The van der Waals surface area contributed by atoms with Crippen molar-refractivity contribution in [3.05, 3.63) is 93.2 Å². The highest BCUT2D eigenvalue weighted by Gasteiger charge is 2.51. The molecule has 6 atom stereocenters. The number of aromatic hydroxyl groups is 2. The number of aliphatic hydroxyl groups is 1. The van der Waals surface area contributed by atoms with Gasteiger partial charge >= 0.3 is 5.97 Å². The van der Waals surface area contributed by atoms with Gasteiger partial charge in [0.1, 0.15) is 36.6 Å². The second-order valence-corrected chi connectivity index (χ2v) is 15.6. The van der Waals surface area contributed by atoms with Crippen LogP contribution in [-0.4, -0.2) is 60.6 Å². The quantitative estimate of drug-likeness (QED) is 0.117. The van der Waals surface area contributed by atoms with Gasteiger partial charge in [-0.25, -0.2) is 0 Å². The molecule has 2 aliphatic carbocycles. The topological polar surface area (TPSA) is 165 Å². The summed E-state index contributed by atoms with van der Waals surface area (Å²) >= 11 is 0. The van der Waals surface area contributed by atoms with Crippen molar-refractivity contribution in [1.82, 2.24) is 10.6 Å². The third-order valence-electron chi connectivity index (χ3n) is 12.2. The van der Waals surface area contributed by atoms with Gasteiger partial charge in [-0.3, -0.25) is 4.79 Å². The maximum atomic E-state index is 12.4. The van der Waals surface area contributed by atoms with E-state index in [1.54, 1.807) is 12.1 Å². The van der Waals surface area contributed by atoms with Crippen LogP contribution in [0.25, 0.3) is 17.2 Å². The van der Waals surface area contributed by atoms with Gasteiger partial charge in [-0.1, -0.05) is 36.3 Å². The van der Waals surface area contributed by atoms with Crippen molar-refractivity contribution < 1.29 is 39.1 Å². The Balaban J connectivity index is 1.32. The van der Waals surface area contributed by atoms with Crippen molar-refractivity contribution in [3.63, 3.8) is 0 Å². The number of fused-ring (bicyclic) bond motifs is 8. The monoisotopic (exact) mass is 743 g/mol. The molecule has 6 aliphatic rings. The Hall–Kier alpha value is -5.41. The number of aliphatic hydroxyl groups excluding tert-OH is 1. The summed E-state index contributed by atoms with van der Waals surface area (Å²) in [7, 11) is 1.86. The fraction of sp³-hybridized carbons (Fsp3) is 0.386. The first-order valence-electron chi connectivity index (χ1n) is 19.0. The number of likely N-dealkylation sites (N-methyl/N-ethyl adjacent to an activating group) is 1. The molecule has 9 rings (SSSR count). The highest BCUT2D eigenvalue weighted by molar-refractivity contribution is 5.84. The van der Waals surface area contributed by atoms with Gasteiger partial charge in [-0.15, -0.1) is 0 Å². The van der Waals surface area contributed by atoms with Crippen molar-refractivity contribution in [2.45, 2.75) is 75.1 Å². The van der Waals surface area contributed by atoms with E-state index < -0.39 is 24.8 Å². The fourth-order valence-electron chi connectivity index (χ4n) is 9.90. The summed E-state index contributed by atoms with van der Waals surface area (Å²) < 4.78 is 25.2. The summed E-state index contributed by atoms with van der Waals surface area (Å²) in [6, 6.07) is 9.14. The minimum Gasteiger partial charge on any atom is -0.508 e. The third kappa shape index (κ3) is 6.00. The molecule has 4 bridgehead atoms. The van der Waals surface area contributed by atoms with E-state index in [9.17, 15) is 20.1 Å². The number of hydrogen-bond acceptors (Lipinski definition) is 11. The Morgan fingerprint density at radius 3 is 2.84 bits per heavy atom. The summed E-state index contributed by atoms with van der Waals surface area (Å²) in [5, 5.41) is 38.9. The van der Waals surface area contributed by atoms with Gasteiger partial charge in [0.25, 0.3) is 0 Å². The molecule has 11 heteroatoms. The van der Waals surface area contributed by atoms with Gasteiger partial charge in [0.2, 0.25) is 0 Å². The first-order chi connectivity index (χ1) is 26.7. The van der Waals surface area contributed by atoms with E-state index >= 15 is 0 Å².